The average Bonchev–Trinajstić information content (AvgIpc) is 2.36. The van der Waals surface area contributed by atoms with Crippen molar-refractivity contribution in [1.82, 2.24) is 5.32 Å². The molecule has 2 N–H and O–H groups in total. The first kappa shape index (κ1) is 17.9. The lowest BCUT2D eigenvalue weighted by atomic mass is 9.95. The SMILES string of the molecule is CCCCCCOC(C)CC(C)(CO)NCCC. The summed E-state index contributed by atoms with van der Waals surface area (Å²) in [5.41, 5.74) is -0.209. The van der Waals surface area contributed by atoms with Crippen molar-refractivity contribution in [3.63, 3.8) is 0 Å². The Morgan fingerprint density at radius 1 is 1.17 bits per heavy atom. The van der Waals surface area contributed by atoms with Crippen LogP contribution in [0, 0.1) is 0 Å². The van der Waals surface area contributed by atoms with Gasteiger partial charge in [0.25, 0.3) is 0 Å². The molecule has 0 fully saturated rings. The smallest absolute Gasteiger partial charge is 0.0611 e. The molecule has 0 heterocycles. The fraction of sp³-hybridized carbons (Fsp3) is 1.00. The van der Waals surface area contributed by atoms with Gasteiger partial charge in [0.15, 0.2) is 0 Å². The van der Waals surface area contributed by atoms with Crippen LogP contribution in [0.25, 0.3) is 0 Å². The summed E-state index contributed by atoms with van der Waals surface area (Å²) in [4.78, 5) is 0. The third-order valence-corrected chi connectivity index (χ3v) is 3.29. The molecule has 2 atom stereocenters. The van der Waals surface area contributed by atoms with Crippen molar-refractivity contribution in [1.29, 1.82) is 0 Å². The van der Waals surface area contributed by atoms with Crippen molar-refractivity contribution >= 4 is 0 Å². The van der Waals surface area contributed by atoms with Gasteiger partial charge >= 0.3 is 0 Å². The van der Waals surface area contributed by atoms with Gasteiger partial charge in [0.2, 0.25) is 0 Å². The molecule has 0 radical (unpaired) electrons. The highest BCUT2D eigenvalue weighted by molar-refractivity contribution is 4.84. The topological polar surface area (TPSA) is 41.5 Å². The lowest BCUT2D eigenvalue weighted by molar-refractivity contribution is 0.0263. The zero-order chi connectivity index (χ0) is 13.9. The van der Waals surface area contributed by atoms with E-state index in [1.54, 1.807) is 0 Å². The molecule has 0 aliphatic carbocycles. The van der Waals surface area contributed by atoms with Gasteiger partial charge in [-0.05, 0) is 39.7 Å². The first-order chi connectivity index (χ1) is 8.58. The van der Waals surface area contributed by atoms with E-state index in [9.17, 15) is 5.11 Å². The van der Waals surface area contributed by atoms with Gasteiger partial charge in [0.1, 0.15) is 0 Å². The Bertz CT molecular complexity index is 187. The first-order valence-electron chi connectivity index (χ1n) is 7.55. The molecule has 0 spiro atoms. The van der Waals surface area contributed by atoms with Crippen LogP contribution in [0.2, 0.25) is 0 Å². The summed E-state index contributed by atoms with van der Waals surface area (Å²) in [6.45, 7) is 10.5. The standard InChI is InChI=1S/C15H33NO2/c1-5-7-8-9-11-18-14(3)12-15(4,13-17)16-10-6-2/h14,16-17H,5-13H2,1-4H3. The lowest BCUT2D eigenvalue weighted by Crippen LogP contribution is -2.48. The van der Waals surface area contributed by atoms with Gasteiger partial charge in [-0.1, -0.05) is 33.1 Å². The molecule has 18 heavy (non-hydrogen) atoms. The van der Waals surface area contributed by atoms with Gasteiger partial charge < -0.3 is 15.2 Å². The second-order valence-electron chi connectivity index (χ2n) is 5.59. The number of rotatable bonds is 12. The minimum atomic E-state index is -0.209. The van der Waals surface area contributed by atoms with Gasteiger partial charge in [-0.25, -0.2) is 0 Å². The van der Waals surface area contributed by atoms with Crippen molar-refractivity contribution in [3.8, 4) is 0 Å². The number of hydrogen-bond acceptors (Lipinski definition) is 3. The maximum absolute atomic E-state index is 9.48. The molecule has 0 amide bonds. The molecule has 0 aliphatic rings. The highest BCUT2D eigenvalue weighted by Gasteiger charge is 2.25. The predicted octanol–water partition coefficient (Wildman–Crippen LogP) is 3.11. The van der Waals surface area contributed by atoms with E-state index in [2.05, 4.69) is 33.0 Å². The van der Waals surface area contributed by atoms with E-state index in [0.717, 1.165) is 32.4 Å². The van der Waals surface area contributed by atoms with Crippen LogP contribution in [0.4, 0.5) is 0 Å². The summed E-state index contributed by atoms with van der Waals surface area (Å²) < 4.78 is 5.81. The van der Waals surface area contributed by atoms with Gasteiger partial charge in [-0.3, -0.25) is 0 Å². The summed E-state index contributed by atoms with van der Waals surface area (Å²) in [6.07, 6.45) is 7.11. The van der Waals surface area contributed by atoms with Gasteiger partial charge in [-0.2, -0.15) is 0 Å². The second-order valence-corrected chi connectivity index (χ2v) is 5.59. The van der Waals surface area contributed by atoms with E-state index in [1.165, 1.54) is 19.3 Å². The summed E-state index contributed by atoms with van der Waals surface area (Å²) in [5.74, 6) is 0. The van der Waals surface area contributed by atoms with Crippen molar-refractivity contribution in [2.45, 2.75) is 77.9 Å². The van der Waals surface area contributed by atoms with E-state index < -0.39 is 0 Å². The van der Waals surface area contributed by atoms with E-state index in [1.807, 2.05) is 0 Å². The van der Waals surface area contributed by atoms with Crippen LogP contribution in [0.5, 0.6) is 0 Å². The van der Waals surface area contributed by atoms with Crippen LogP contribution in [0.1, 0.15) is 66.2 Å². The third-order valence-electron chi connectivity index (χ3n) is 3.29. The highest BCUT2D eigenvalue weighted by Crippen LogP contribution is 2.14. The largest absolute Gasteiger partial charge is 0.394 e. The zero-order valence-electron chi connectivity index (χ0n) is 12.8. The average molecular weight is 259 g/mol. The molecule has 0 aliphatic heterocycles. The van der Waals surface area contributed by atoms with E-state index in [-0.39, 0.29) is 18.2 Å². The number of aliphatic hydroxyl groups excluding tert-OH is 1. The van der Waals surface area contributed by atoms with Crippen molar-refractivity contribution in [3.05, 3.63) is 0 Å². The Morgan fingerprint density at radius 3 is 2.44 bits per heavy atom. The number of aliphatic hydroxyl groups is 1. The summed E-state index contributed by atoms with van der Waals surface area (Å²) in [6, 6.07) is 0. The summed E-state index contributed by atoms with van der Waals surface area (Å²) >= 11 is 0. The number of nitrogens with one attached hydrogen (secondary N) is 1. The Hall–Kier alpha value is -0.120. The van der Waals surface area contributed by atoms with Crippen molar-refractivity contribution in [2.75, 3.05) is 19.8 Å². The quantitative estimate of drug-likeness (QED) is 0.529. The molecule has 0 aromatic rings. The van der Waals surface area contributed by atoms with Gasteiger partial charge in [0, 0.05) is 12.1 Å². The van der Waals surface area contributed by atoms with E-state index in [0.29, 0.717) is 0 Å². The maximum Gasteiger partial charge on any atom is 0.0611 e. The number of ether oxygens (including phenoxy) is 1. The fourth-order valence-corrected chi connectivity index (χ4v) is 2.13. The van der Waals surface area contributed by atoms with Crippen LogP contribution in [0.15, 0.2) is 0 Å². The normalized spacial score (nSPS) is 16.5. The second kappa shape index (κ2) is 10.8. The minimum absolute atomic E-state index is 0.163. The molecule has 0 saturated heterocycles. The van der Waals surface area contributed by atoms with Crippen LogP contribution in [0.3, 0.4) is 0 Å². The van der Waals surface area contributed by atoms with E-state index in [4.69, 9.17) is 4.74 Å². The monoisotopic (exact) mass is 259 g/mol. The Labute approximate surface area is 113 Å². The van der Waals surface area contributed by atoms with Crippen molar-refractivity contribution in [2.24, 2.45) is 0 Å². The van der Waals surface area contributed by atoms with Gasteiger partial charge in [0.05, 0.1) is 12.7 Å². The molecule has 3 nitrogen and oxygen atoms in total. The molecule has 0 bridgehead atoms. The third kappa shape index (κ3) is 8.90. The molecule has 2 unspecified atom stereocenters. The molecule has 0 rings (SSSR count). The summed E-state index contributed by atoms with van der Waals surface area (Å²) in [5, 5.41) is 12.9. The molecule has 3 heteroatoms. The highest BCUT2D eigenvalue weighted by atomic mass is 16.5. The molecular formula is C15H33NO2. The Balaban J connectivity index is 3.77. The molecule has 0 aromatic carbocycles. The summed E-state index contributed by atoms with van der Waals surface area (Å²) in [7, 11) is 0. The molecule has 0 aromatic heterocycles. The van der Waals surface area contributed by atoms with Crippen LogP contribution in [-0.4, -0.2) is 36.5 Å². The van der Waals surface area contributed by atoms with Crippen LogP contribution in [-0.2, 0) is 4.74 Å². The number of unbranched alkanes of at least 4 members (excludes halogenated alkanes) is 3. The lowest BCUT2D eigenvalue weighted by Gasteiger charge is -2.31. The Morgan fingerprint density at radius 2 is 1.89 bits per heavy atom. The van der Waals surface area contributed by atoms with Gasteiger partial charge in [-0.15, -0.1) is 0 Å². The maximum atomic E-state index is 9.48. The van der Waals surface area contributed by atoms with Crippen LogP contribution >= 0.6 is 0 Å². The Kier molecular flexibility index (Phi) is 10.7. The van der Waals surface area contributed by atoms with Crippen molar-refractivity contribution < 1.29 is 9.84 Å². The predicted molar refractivity (Wildman–Crippen MR) is 78.0 cm³/mol. The first-order valence-corrected chi connectivity index (χ1v) is 7.55. The van der Waals surface area contributed by atoms with E-state index >= 15 is 0 Å². The van der Waals surface area contributed by atoms with Crippen LogP contribution < -0.4 is 5.32 Å². The molecule has 0 saturated carbocycles. The number of hydrogen-bond donors (Lipinski definition) is 2. The molecule has 110 valence electrons. The minimum Gasteiger partial charge on any atom is -0.394 e. The molecular weight excluding hydrogens is 226 g/mol. The fourth-order valence-electron chi connectivity index (χ4n) is 2.13. The zero-order valence-corrected chi connectivity index (χ0v) is 12.8.